The fourth-order valence-electron chi connectivity index (χ4n) is 2.88. The van der Waals surface area contributed by atoms with Crippen molar-refractivity contribution >= 4 is 5.96 Å². The monoisotopic (exact) mass is 288 g/mol. The fourth-order valence-corrected chi connectivity index (χ4v) is 2.88. The highest BCUT2D eigenvalue weighted by atomic mass is 15.3. The van der Waals surface area contributed by atoms with Crippen molar-refractivity contribution in [3.8, 4) is 0 Å². The molecule has 4 heteroatoms. The van der Waals surface area contributed by atoms with Gasteiger partial charge in [-0.25, -0.2) is 0 Å². The summed E-state index contributed by atoms with van der Waals surface area (Å²) >= 11 is 0. The number of nitrogens with one attached hydrogen (secondary N) is 1. The Kier molecular flexibility index (Phi) is 6.05. The first-order valence-corrected chi connectivity index (χ1v) is 7.86. The number of benzene rings is 1. The third-order valence-corrected chi connectivity index (χ3v) is 4.04. The number of rotatable bonds is 5. The van der Waals surface area contributed by atoms with Crippen LogP contribution in [0.4, 0.5) is 0 Å². The Hall–Kier alpha value is -1.55. The Morgan fingerprint density at radius 2 is 2.10 bits per heavy atom. The summed E-state index contributed by atoms with van der Waals surface area (Å²) in [6.45, 7) is 4.25. The van der Waals surface area contributed by atoms with Crippen LogP contribution in [0.1, 0.15) is 24.3 Å². The smallest absolute Gasteiger partial charge is 0.193 e. The fraction of sp³-hybridized carbons (Fsp3) is 0.588. The molecule has 0 amide bonds. The summed E-state index contributed by atoms with van der Waals surface area (Å²) in [7, 11) is 6.10. The summed E-state index contributed by atoms with van der Waals surface area (Å²) in [5, 5.41) is 3.49. The van der Waals surface area contributed by atoms with Gasteiger partial charge in [0.15, 0.2) is 5.96 Å². The van der Waals surface area contributed by atoms with Crippen LogP contribution in [0.2, 0.25) is 0 Å². The second-order valence-electron chi connectivity index (χ2n) is 5.97. The Morgan fingerprint density at radius 3 is 2.76 bits per heavy atom. The number of nitrogens with zero attached hydrogens (tertiary/aromatic N) is 3. The number of likely N-dealkylation sites (tertiary alicyclic amines) is 1. The zero-order chi connectivity index (χ0) is 15.1. The number of hydrogen-bond acceptors (Lipinski definition) is 2. The standard InChI is InChI=1S/C17H28N4/c1-18-17(19-11-7-12-20(2)3)21-13-10-16(14-21)15-8-5-4-6-9-15/h4-6,8-9,16H,7,10-14H2,1-3H3,(H,18,19). The summed E-state index contributed by atoms with van der Waals surface area (Å²) in [6, 6.07) is 10.8. The average molecular weight is 288 g/mol. The van der Waals surface area contributed by atoms with Gasteiger partial charge in [-0.1, -0.05) is 30.3 Å². The molecule has 2 rings (SSSR count). The van der Waals surface area contributed by atoms with E-state index >= 15 is 0 Å². The predicted octanol–water partition coefficient (Wildman–Crippen LogP) is 2.00. The molecule has 1 heterocycles. The molecule has 0 aliphatic carbocycles. The highest BCUT2D eigenvalue weighted by Crippen LogP contribution is 2.26. The van der Waals surface area contributed by atoms with Gasteiger partial charge >= 0.3 is 0 Å². The lowest BCUT2D eigenvalue weighted by Gasteiger charge is -2.22. The van der Waals surface area contributed by atoms with Crippen molar-refractivity contribution in [1.29, 1.82) is 0 Å². The predicted molar refractivity (Wildman–Crippen MR) is 89.9 cm³/mol. The lowest BCUT2D eigenvalue weighted by Crippen LogP contribution is -2.40. The van der Waals surface area contributed by atoms with E-state index in [0.717, 1.165) is 38.6 Å². The Bertz CT molecular complexity index is 441. The second-order valence-corrected chi connectivity index (χ2v) is 5.97. The van der Waals surface area contributed by atoms with Crippen LogP contribution in [0.25, 0.3) is 0 Å². The van der Waals surface area contributed by atoms with E-state index in [9.17, 15) is 0 Å². The van der Waals surface area contributed by atoms with Crippen molar-refractivity contribution in [2.75, 3.05) is 47.3 Å². The summed E-state index contributed by atoms with van der Waals surface area (Å²) < 4.78 is 0. The van der Waals surface area contributed by atoms with Crippen molar-refractivity contribution in [3.63, 3.8) is 0 Å². The van der Waals surface area contributed by atoms with Crippen LogP contribution in [0.3, 0.4) is 0 Å². The van der Waals surface area contributed by atoms with Gasteiger partial charge in [0.25, 0.3) is 0 Å². The second kappa shape index (κ2) is 8.03. The lowest BCUT2D eigenvalue weighted by atomic mass is 9.99. The first-order chi connectivity index (χ1) is 10.2. The summed E-state index contributed by atoms with van der Waals surface area (Å²) in [5.74, 6) is 1.68. The maximum Gasteiger partial charge on any atom is 0.193 e. The molecule has 1 atom stereocenters. The summed E-state index contributed by atoms with van der Waals surface area (Å²) in [5.41, 5.74) is 1.45. The largest absolute Gasteiger partial charge is 0.356 e. The van der Waals surface area contributed by atoms with Gasteiger partial charge in [0.2, 0.25) is 0 Å². The molecule has 1 aromatic rings. The van der Waals surface area contributed by atoms with Crippen molar-refractivity contribution in [2.45, 2.75) is 18.8 Å². The molecule has 1 aliphatic heterocycles. The van der Waals surface area contributed by atoms with Gasteiger partial charge in [0.1, 0.15) is 0 Å². The van der Waals surface area contributed by atoms with E-state index in [-0.39, 0.29) is 0 Å². The topological polar surface area (TPSA) is 30.9 Å². The van der Waals surface area contributed by atoms with Crippen LogP contribution in [-0.4, -0.2) is 63.1 Å². The molecule has 21 heavy (non-hydrogen) atoms. The van der Waals surface area contributed by atoms with Crippen molar-refractivity contribution in [2.24, 2.45) is 4.99 Å². The molecular weight excluding hydrogens is 260 g/mol. The molecule has 116 valence electrons. The molecule has 1 unspecified atom stereocenters. The van der Waals surface area contributed by atoms with Gasteiger partial charge in [-0.3, -0.25) is 4.99 Å². The Balaban J connectivity index is 1.81. The van der Waals surface area contributed by atoms with Gasteiger partial charge in [-0.2, -0.15) is 0 Å². The molecule has 0 bridgehead atoms. The summed E-state index contributed by atoms with van der Waals surface area (Å²) in [6.07, 6.45) is 2.35. The molecule has 4 nitrogen and oxygen atoms in total. The van der Waals surface area contributed by atoms with Crippen molar-refractivity contribution in [3.05, 3.63) is 35.9 Å². The van der Waals surface area contributed by atoms with E-state index in [4.69, 9.17) is 0 Å². The lowest BCUT2D eigenvalue weighted by molar-refractivity contribution is 0.396. The maximum atomic E-state index is 4.43. The molecule has 1 N–H and O–H groups in total. The molecular formula is C17H28N4. The number of aliphatic imine (C=N–C) groups is 1. The molecule has 1 aromatic carbocycles. The van der Waals surface area contributed by atoms with Gasteiger partial charge < -0.3 is 15.1 Å². The minimum Gasteiger partial charge on any atom is -0.356 e. The minimum absolute atomic E-state index is 0.631. The van der Waals surface area contributed by atoms with E-state index in [1.165, 1.54) is 12.0 Å². The summed E-state index contributed by atoms with van der Waals surface area (Å²) in [4.78, 5) is 9.03. The van der Waals surface area contributed by atoms with Crippen LogP contribution < -0.4 is 5.32 Å². The zero-order valence-corrected chi connectivity index (χ0v) is 13.5. The minimum atomic E-state index is 0.631. The van der Waals surface area contributed by atoms with Crippen LogP contribution in [0, 0.1) is 0 Å². The van der Waals surface area contributed by atoms with E-state index in [2.05, 4.69) is 64.5 Å². The quantitative estimate of drug-likeness (QED) is 0.511. The molecule has 0 aromatic heterocycles. The average Bonchev–Trinajstić information content (AvgIpc) is 2.98. The van der Waals surface area contributed by atoms with Crippen LogP contribution in [0.15, 0.2) is 35.3 Å². The van der Waals surface area contributed by atoms with Crippen LogP contribution >= 0.6 is 0 Å². The van der Waals surface area contributed by atoms with Crippen LogP contribution in [-0.2, 0) is 0 Å². The normalized spacial score (nSPS) is 19.3. The van der Waals surface area contributed by atoms with Gasteiger partial charge in [-0.05, 0) is 39.0 Å². The van der Waals surface area contributed by atoms with E-state index in [1.54, 1.807) is 0 Å². The molecule has 0 radical (unpaired) electrons. The highest BCUT2D eigenvalue weighted by Gasteiger charge is 2.25. The van der Waals surface area contributed by atoms with Gasteiger partial charge in [0.05, 0.1) is 0 Å². The van der Waals surface area contributed by atoms with Gasteiger partial charge in [0, 0.05) is 32.6 Å². The Labute approximate surface area is 128 Å². The van der Waals surface area contributed by atoms with Gasteiger partial charge in [-0.15, -0.1) is 0 Å². The molecule has 1 saturated heterocycles. The molecule has 0 spiro atoms. The molecule has 1 fully saturated rings. The first kappa shape index (κ1) is 15.8. The van der Waals surface area contributed by atoms with E-state index < -0.39 is 0 Å². The SMILES string of the molecule is CN=C(NCCCN(C)C)N1CCC(c2ccccc2)C1. The van der Waals surface area contributed by atoms with Crippen LogP contribution in [0.5, 0.6) is 0 Å². The highest BCUT2D eigenvalue weighted by molar-refractivity contribution is 5.80. The number of hydrogen-bond donors (Lipinski definition) is 1. The van der Waals surface area contributed by atoms with Crippen molar-refractivity contribution < 1.29 is 0 Å². The number of guanidine groups is 1. The van der Waals surface area contributed by atoms with E-state index in [0.29, 0.717) is 5.92 Å². The Morgan fingerprint density at radius 1 is 1.33 bits per heavy atom. The van der Waals surface area contributed by atoms with Crippen molar-refractivity contribution in [1.82, 2.24) is 15.1 Å². The third-order valence-electron chi connectivity index (χ3n) is 4.04. The molecule has 0 saturated carbocycles. The zero-order valence-electron chi connectivity index (χ0n) is 13.5. The maximum absolute atomic E-state index is 4.43. The first-order valence-electron chi connectivity index (χ1n) is 7.86. The molecule has 1 aliphatic rings. The third kappa shape index (κ3) is 4.74. The van der Waals surface area contributed by atoms with E-state index in [1.807, 2.05) is 7.05 Å².